The Morgan fingerprint density at radius 1 is 1.19 bits per heavy atom. The number of nitrogens with zero attached hydrogens (tertiary/aromatic N) is 3. The molecule has 1 aromatic carbocycles. The second-order valence-electron chi connectivity index (χ2n) is 7.65. The van der Waals surface area contributed by atoms with E-state index in [1.54, 1.807) is 6.08 Å². The van der Waals surface area contributed by atoms with Gasteiger partial charge in [-0.15, -0.1) is 17.9 Å². The first-order valence-electron chi connectivity index (χ1n) is 12.3. The van der Waals surface area contributed by atoms with Crippen LogP contribution >= 0.6 is 0 Å². The second-order valence-corrected chi connectivity index (χ2v) is 7.65. The average Bonchev–Trinajstić information content (AvgIpc) is 3.36. The molecular weight excluding hydrogens is 464 g/mol. The quantitative estimate of drug-likeness (QED) is 0.433. The highest BCUT2D eigenvalue weighted by atomic mass is 19.1. The summed E-state index contributed by atoms with van der Waals surface area (Å²) < 4.78 is 33.4. The Bertz CT molecular complexity index is 965. The van der Waals surface area contributed by atoms with E-state index in [9.17, 15) is 8.78 Å². The number of allylic oxidation sites excluding steroid dienone is 2. The van der Waals surface area contributed by atoms with Crippen LogP contribution in [0.3, 0.4) is 0 Å². The van der Waals surface area contributed by atoms with Crippen molar-refractivity contribution in [1.82, 2.24) is 10.2 Å². The summed E-state index contributed by atoms with van der Waals surface area (Å²) in [5.41, 5.74) is 13.6. The Kier molecular flexibility index (Phi) is 16.3. The number of benzene rings is 1. The molecule has 0 saturated heterocycles. The van der Waals surface area contributed by atoms with Gasteiger partial charge in [-0.05, 0) is 50.0 Å². The molecule has 36 heavy (non-hydrogen) atoms. The van der Waals surface area contributed by atoms with E-state index in [4.69, 9.17) is 21.0 Å². The van der Waals surface area contributed by atoms with Crippen molar-refractivity contribution in [1.29, 1.82) is 0 Å². The van der Waals surface area contributed by atoms with Crippen molar-refractivity contribution < 1.29 is 18.3 Å². The van der Waals surface area contributed by atoms with Gasteiger partial charge < -0.3 is 25.9 Å². The standard InChI is InChI=1S/C20H25F2N5O2.C3H8.C2H6.C2H2/c1-2-27(20-26-25-17(11-28)29-20)10-13-6-3-5-12(19(13)24)9-16(23)18-14(21)7-4-8-15(18)22;1-3-2;2*1-2/h4,7-9,13,28H,2-3,5-6,10-11,23-24H2,1H3;3H2,1-2H3;1-2H3;1-2H/b16-9-;;;. The molecule has 1 atom stereocenters. The molecular formula is C27H41F2N5O2. The molecule has 1 aliphatic rings. The zero-order chi connectivity index (χ0) is 27.7. The van der Waals surface area contributed by atoms with Crippen LogP contribution in [0.2, 0.25) is 0 Å². The molecule has 1 aromatic heterocycles. The highest BCUT2D eigenvalue weighted by Gasteiger charge is 2.25. The zero-order valence-corrected chi connectivity index (χ0v) is 22.1. The topological polar surface area (TPSA) is 114 Å². The van der Waals surface area contributed by atoms with Crippen molar-refractivity contribution in [3.05, 3.63) is 58.6 Å². The molecule has 0 aliphatic heterocycles. The summed E-state index contributed by atoms with van der Waals surface area (Å²) >= 11 is 0. The predicted octanol–water partition coefficient (Wildman–Crippen LogP) is 5.37. The van der Waals surface area contributed by atoms with E-state index in [1.165, 1.54) is 24.6 Å². The predicted molar refractivity (Wildman–Crippen MR) is 142 cm³/mol. The third-order valence-corrected chi connectivity index (χ3v) is 5.07. The van der Waals surface area contributed by atoms with Crippen molar-refractivity contribution in [2.75, 3.05) is 18.0 Å². The van der Waals surface area contributed by atoms with Crippen LogP contribution in [0.15, 0.2) is 40.0 Å². The van der Waals surface area contributed by atoms with Crippen LogP contribution in [0.5, 0.6) is 0 Å². The van der Waals surface area contributed by atoms with Crippen LogP contribution in [0.25, 0.3) is 5.70 Å². The van der Waals surface area contributed by atoms with Crippen LogP contribution in [-0.2, 0) is 6.61 Å². The number of anilines is 1. The smallest absolute Gasteiger partial charge is 0.318 e. The van der Waals surface area contributed by atoms with Gasteiger partial charge in [-0.1, -0.05) is 45.3 Å². The van der Waals surface area contributed by atoms with Crippen LogP contribution < -0.4 is 16.4 Å². The summed E-state index contributed by atoms with van der Waals surface area (Å²) in [7, 11) is 0. The number of rotatable bonds is 7. The maximum atomic E-state index is 14.0. The molecule has 1 aliphatic carbocycles. The average molecular weight is 506 g/mol. The summed E-state index contributed by atoms with van der Waals surface area (Å²) in [6, 6.07) is 3.96. The molecule has 9 heteroatoms. The molecule has 0 amide bonds. The van der Waals surface area contributed by atoms with E-state index in [0.29, 0.717) is 31.2 Å². The minimum Gasteiger partial charge on any atom is -0.405 e. The third-order valence-electron chi connectivity index (χ3n) is 5.07. The number of aromatic nitrogens is 2. The largest absolute Gasteiger partial charge is 0.405 e. The van der Waals surface area contributed by atoms with Crippen molar-refractivity contribution in [2.24, 2.45) is 17.4 Å². The Balaban J connectivity index is 0.00000159. The van der Waals surface area contributed by atoms with E-state index in [2.05, 4.69) is 36.9 Å². The summed E-state index contributed by atoms with van der Waals surface area (Å²) in [5, 5.41) is 16.8. The van der Waals surface area contributed by atoms with Crippen LogP contribution in [0.4, 0.5) is 14.8 Å². The number of hydrogen-bond donors (Lipinski definition) is 3. The Morgan fingerprint density at radius 3 is 2.28 bits per heavy atom. The van der Waals surface area contributed by atoms with Gasteiger partial charge in [-0.3, -0.25) is 0 Å². The number of hydrogen-bond acceptors (Lipinski definition) is 7. The molecule has 0 fully saturated rings. The fourth-order valence-corrected chi connectivity index (χ4v) is 3.52. The third kappa shape index (κ3) is 9.34. The number of terminal acetylenes is 1. The highest BCUT2D eigenvalue weighted by molar-refractivity contribution is 5.66. The lowest BCUT2D eigenvalue weighted by atomic mass is 9.86. The van der Waals surface area contributed by atoms with Gasteiger partial charge in [0.05, 0.1) is 5.56 Å². The van der Waals surface area contributed by atoms with Crippen molar-refractivity contribution in [3.63, 3.8) is 0 Å². The molecule has 5 N–H and O–H groups in total. The minimum atomic E-state index is -0.710. The molecule has 200 valence electrons. The minimum absolute atomic E-state index is 0.00214. The van der Waals surface area contributed by atoms with E-state index >= 15 is 0 Å². The normalized spacial score (nSPS) is 14.9. The second kappa shape index (κ2) is 18.0. The molecule has 0 spiro atoms. The van der Waals surface area contributed by atoms with Gasteiger partial charge >= 0.3 is 6.01 Å². The van der Waals surface area contributed by atoms with Crippen LogP contribution in [-0.4, -0.2) is 28.4 Å². The van der Waals surface area contributed by atoms with Gasteiger partial charge in [-0.25, -0.2) is 8.78 Å². The lowest BCUT2D eigenvalue weighted by molar-refractivity contribution is 0.240. The number of halogens is 2. The molecule has 3 rings (SSSR count). The van der Waals surface area contributed by atoms with Gasteiger partial charge in [-0.2, -0.15) is 0 Å². The van der Waals surface area contributed by atoms with Crippen molar-refractivity contribution in [2.45, 2.75) is 66.9 Å². The Labute approximate surface area is 214 Å². The maximum Gasteiger partial charge on any atom is 0.318 e. The fourth-order valence-electron chi connectivity index (χ4n) is 3.52. The number of nitrogens with two attached hydrogens (primary N) is 2. The molecule has 1 heterocycles. The SMILES string of the molecule is C#C.CC.CCC.CCN(CC1CCCC(/C=C(\N)c2c(F)cccc2F)=C1N)c1nnc(CO)o1. The lowest BCUT2D eigenvalue weighted by Crippen LogP contribution is -2.34. The van der Waals surface area contributed by atoms with Gasteiger partial charge in [0.25, 0.3) is 0 Å². The Hall–Kier alpha value is -3.38. The molecule has 0 saturated carbocycles. The van der Waals surface area contributed by atoms with Crippen LogP contribution in [0, 0.1) is 30.4 Å². The Morgan fingerprint density at radius 2 is 1.78 bits per heavy atom. The summed E-state index contributed by atoms with van der Waals surface area (Å²) in [6.45, 7) is 11.0. The van der Waals surface area contributed by atoms with E-state index in [-0.39, 0.29) is 29.7 Å². The van der Waals surface area contributed by atoms with Gasteiger partial charge in [0.15, 0.2) is 0 Å². The zero-order valence-electron chi connectivity index (χ0n) is 22.1. The number of aliphatic hydroxyl groups excluding tert-OH is 1. The van der Waals surface area contributed by atoms with Gasteiger partial charge in [0.1, 0.15) is 18.2 Å². The van der Waals surface area contributed by atoms with E-state index in [0.717, 1.165) is 18.4 Å². The van der Waals surface area contributed by atoms with Crippen molar-refractivity contribution in [3.8, 4) is 12.8 Å². The van der Waals surface area contributed by atoms with Gasteiger partial charge in [0.2, 0.25) is 5.89 Å². The lowest BCUT2D eigenvalue weighted by Gasteiger charge is -2.29. The summed E-state index contributed by atoms with van der Waals surface area (Å²) in [4.78, 5) is 1.89. The molecule has 7 nitrogen and oxygen atoms in total. The molecule has 0 bridgehead atoms. The van der Waals surface area contributed by atoms with Gasteiger partial charge in [0, 0.05) is 30.4 Å². The molecule has 1 unspecified atom stereocenters. The first kappa shape index (κ1) is 32.6. The first-order valence-corrected chi connectivity index (χ1v) is 12.3. The van der Waals surface area contributed by atoms with Crippen molar-refractivity contribution >= 4 is 11.7 Å². The first-order chi connectivity index (χ1) is 17.4. The van der Waals surface area contributed by atoms with Crippen LogP contribution in [0.1, 0.15) is 71.8 Å². The summed E-state index contributed by atoms with van der Waals surface area (Å²) in [5.74, 6) is -1.27. The highest BCUT2D eigenvalue weighted by Crippen LogP contribution is 2.31. The fraction of sp³-hybridized carbons (Fsp3) is 0.481. The summed E-state index contributed by atoms with van der Waals surface area (Å²) in [6.07, 6.45) is 13.2. The van der Waals surface area contributed by atoms with E-state index in [1.807, 2.05) is 25.7 Å². The molecule has 0 radical (unpaired) electrons. The number of aliphatic hydroxyl groups is 1. The van der Waals surface area contributed by atoms with E-state index < -0.39 is 11.6 Å². The monoisotopic (exact) mass is 505 g/mol. The maximum absolute atomic E-state index is 14.0. The molecule has 2 aromatic rings.